The molecule has 1 aliphatic rings. The van der Waals surface area contributed by atoms with E-state index in [1.165, 1.54) is 0 Å². The maximum Gasteiger partial charge on any atom is 0.328 e. The fourth-order valence-electron chi connectivity index (χ4n) is 1.73. The summed E-state index contributed by atoms with van der Waals surface area (Å²) in [6.45, 7) is 2.17. The molecule has 0 aromatic heterocycles. The number of carbonyl (C=O) groups excluding carboxylic acids is 1. The third-order valence-corrected chi connectivity index (χ3v) is 2.62. The number of ether oxygens (including phenoxy) is 1. The summed E-state index contributed by atoms with van der Waals surface area (Å²) in [6.07, 6.45) is 1.05. The predicted octanol–water partition coefficient (Wildman–Crippen LogP) is -0.428. The quantitative estimate of drug-likeness (QED) is 0.540. The summed E-state index contributed by atoms with van der Waals surface area (Å²) in [5.41, 5.74) is -0.177. The standard InChI is InChI=1S/C10H11NO4/c1-2-5-7(9(13)8(5)12)11-6-3-4-15-10(6)14/h6,11H,2-4H2,1H3/t6-/m0/s1. The molecule has 1 fully saturated rings. The van der Waals surface area contributed by atoms with Crippen molar-refractivity contribution in [3.8, 4) is 0 Å². The summed E-state index contributed by atoms with van der Waals surface area (Å²) in [5.74, 6) is -0.356. The normalized spacial score (nSPS) is 20.6. The lowest BCUT2D eigenvalue weighted by Crippen LogP contribution is -2.41. The van der Waals surface area contributed by atoms with Crippen LogP contribution in [0.4, 0.5) is 5.69 Å². The van der Waals surface area contributed by atoms with Crippen molar-refractivity contribution in [2.24, 2.45) is 0 Å². The van der Waals surface area contributed by atoms with Crippen molar-refractivity contribution in [3.63, 3.8) is 0 Å². The van der Waals surface area contributed by atoms with Crippen LogP contribution < -0.4 is 16.2 Å². The van der Waals surface area contributed by atoms with Crippen LogP contribution in [0, 0.1) is 0 Å². The molecule has 15 heavy (non-hydrogen) atoms. The number of anilines is 1. The van der Waals surface area contributed by atoms with Gasteiger partial charge in [-0.05, 0) is 6.42 Å². The van der Waals surface area contributed by atoms with E-state index < -0.39 is 16.9 Å². The van der Waals surface area contributed by atoms with Crippen LogP contribution in [0.15, 0.2) is 9.59 Å². The van der Waals surface area contributed by atoms with Gasteiger partial charge in [-0.2, -0.15) is 0 Å². The first kappa shape index (κ1) is 9.89. The predicted molar refractivity (Wildman–Crippen MR) is 53.7 cm³/mol. The van der Waals surface area contributed by atoms with E-state index in [0.717, 1.165) is 0 Å². The monoisotopic (exact) mass is 209 g/mol. The van der Waals surface area contributed by atoms with Crippen molar-refractivity contribution < 1.29 is 9.53 Å². The van der Waals surface area contributed by atoms with Gasteiger partial charge in [0.15, 0.2) is 0 Å². The molecular weight excluding hydrogens is 198 g/mol. The van der Waals surface area contributed by atoms with Gasteiger partial charge in [-0.3, -0.25) is 9.59 Å². The highest BCUT2D eigenvalue weighted by Crippen LogP contribution is 2.15. The highest BCUT2D eigenvalue weighted by atomic mass is 16.5. The maximum absolute atomic E-state index is 11.2. The third-order valence-electron chi connectivity index (χ3n) is 2.62. The van der Waals surface area contributed by atoms with E-state index in [9.17, 15) is 14.4 Å². The Kier molecular flexibility index (Phi) is 2.30. The molecule has 5 nitrogen and oxygen atoms in total. The topological polar surface area (TPSA) is 72.5 Å². The molecule has 1 aliphatic heterocycles. The Morgan fingerprint density at radius 3 is 2.60 bits per heavy atom. The van der Waals surface area contributed by atoms with Crippen molar-refractivity contribution in [2.45, 2.75) is 25.8 Å². The molecule has 0 amide bonds. The van der Waals surface area contributed by atoms with Gasteiger partial charge in [0.1, 0.15) is 6.04 Å². The zero-order valence-electron chi connectivity index (χ0n) is 8.33. The molecule has 0 radical (unpaired) electrons. The zero-order chi connectivity index (χ0) is 11.0. The summed E-state index contributed by atoms with van der Waals surface area (Å²) in [5, 5.41) is 2.78. The lowest BCUT2D eigenvalue weighted by Gasteiger charge is -2.14. The molecule has 1 aromatic carbocycles. The second-order valence-electron chi connectivity index (χ2n) is 3.52. The third kappa shape index (κ3) is 1.44. The lowest BCUT2D eigenvalue weighted by atomic mass is 10.0. The van der Waals surface area contributed by atoms with Gasteiger partial charge in [-0.15, -0.1) is 0 Å². The Morgan fingerprint density at radius 2 is 2.07 bits per heavy atom. The number of cyclic esters (lactones) is 1. The molecule has 1 atom stereocenters. The Balaban J connectivity index is 2.18. The second-order valence-corrected chi connectivity index (χ2v) is 3.52. The van der Waals surface area contributed by atoms with E-state index in [2.05, 4.69) is 5.32 Å². The molecular formula is C10H11NO4. The van der Waals surface area contributed by atoms with E-state index >= 15 is 0 Å². The second kappa shape index (κ2) is 3.49. The van der Waals surface area contributed by atoms with E-state index in [1.54, 1.807) is 6.92 Å². The first-order valence-corrected chi connectivity index (χ1v) is 4.90. The molecule has 1 aromatic rings. The Hall–Kier alpha value is -1.65. The summed E-state index contributed by atoms with van der Waals surface area (Å²) in [7, 11) is 0. The van der Waals surface area contributed by atoms with E-state index in [4.69, 9.17) is 4.74 Å². The van der Waals surface area contributed by atoms with Gasteiger partial charge in [0, 0.05) is 12.0 Å². The van der Waals surface area contributed by atoms with Crippen LogP contribution in [0.5, 0.6) is 0 Å². The van der Waals surface area contributed by atoms with Crippen LogP contribution in [0.25, 0.3) is 0 Å². The molecule has 80 valence electrons. The van der Waals surface area contributed by atoms with Crippen molar-refractivity contribution in [3.05, 3.63) is 26.0 Å². The lowest BCUT2D eigenvalue weighted by molar-refractivity contribution is -0.138. The highest BCUT2D eigenvalue weighted by molar-refractivity contribution is 5.81. The van der Waals surface area contributed by atoms with Crippen LogP contribution in [-0.2, 0) is 16.0 Å². The highest BCUT2D eigenvalue weighted by Gasteiger charge is 2.30. The number of rotatable bonds is 3. The van der Waals surface area contributed by atoms with E-state index in [-0.39, 0.29) is 5.97 Å². The Morgan fingerprint density at radius 1 is 1.33 bits per heavy atom. The van der Waals surface area contributed by atoms with Crippen LogP contribution in [0.3, 0.4) is 0 Å². The van der Waals surface area contributed by atoms with Crippen molar-refractivity contribution in [1.29, 1.82) is 0 Å². The van der Waals surface area contributed by atoms with E-state index in [0.29, 0.717) is 30.7 Å². The summed E-state index contributed by atoms with van der Waals surface area (Å²) >= 11 is 0. The molecule has 1 saturated heterocycles. The summed E-state index contributed by atoms with van der Waals surface area (Å²) in [4.78, 5) is 33.4. The Bertz CT molecular complexity index is 470. The van der Waals surface area contributed by atoms with Crippen molar-refractivity contribution in [2.75, 3.05) is 11.9 Å². The number of hydrogen-bond donors (Lipinski definition) is 1. The summed E-state index contributed by atoms with van der Waals surface area (Å²) < 4.78 is 4.75. The maximum atomic E-state index is 11.2. The molecule has 0 unspecified atom stereocenters. The molecule has 0 spiro atoms. The van der Waals surface area contributed by atoms with Crippen molar-refractivity contribution in [1.82, 2.24) is 0 Å². The van der Waals surface area contributed by atoms with Crippen LogP contribution in [-0.4, -0.2) is 18.6 Å². The molecule has 5 heteroatoms. The van der Waals surface area contributed by atoms with Crippen molar-refractivity contribution >= 4 is 11.7 Å². The van der Waals surface area contributed by atoms with Gasteiger partial charge < -0.3 is 10.1 Å². The van der Waals surface area contributed by atoms with Crippen LogP contribution in [0.2, 0.25) is 0 Å². The number of hydrogen-bond acceptors (Lipinski definition) is 5. The first-order chi connectivity index (χ1) is 7.15. The minimum atomic E-state index is -0.522. The SMILES string of the molecule is CCc1c(N[C@H]2CCOC2=O)c(=O)c1=O. The summed E-state index contributed by atoms with van der Waals surface area (Å²) in [6, 6.07) is -0.474. The van der Waals surface area contributed by atoms with Crippen LogP contribution >= 0.6 is 0 Å². The average Bonchev–Trinajstić information content (AvgIpc) is 2.63. The van der Waals surface area contributed by atoms with Crippen LogP contribution in [0.1, 0.15) is 18.9 Å². The first-order valence-electron chi connectivity index (χ1n) is 4.90. The molecule has 1 heterocycles. The number of nitrogens with one attached hydrogen (secondary N) is 1. The number of esters is 1. The molecule has 1 N–H and O–H groups in total. The van der Waals surface area contributed by atoms with E-state index in [1.807, 2.05) is 0 Å². The van der Waals surface area contributed by atoms with Gasteiger partial charge in [0.05, 0.1) is 12.3 Å². The Labute approximate surface area is 85.7 Å². The minimum absolute atomic E-state index is 0.298. The smallest absolute Gasteiger partial charge is 0.328 e. The number of carbonyl (C=O) groups is 1. The van der Waals surface area contributed by atoms with Gasteiger partial charge in [-0.25, -0.2) is 4.79 Å². The molecule has 0 aliphatic carbocycles. The fourth-order valence-corrected chi connectivity index (χ4v) is 1.73. The van der Waals surface area contributed by atoms with Gasteiger partial charge in [0.2, 0.25) is 10.9 Å². The largest absolute Gasteiger partial charge is 0.464 e. The average molecular weight is 209 g/mol. The fraction of sp³-hybridized carbons (Fsp3) is 0.500. The van der Waals surface area contributed by atoms with Gasteiger partial charge >= 0.3 is 5.97 Å². The zero-order valence-corrected chi connectivity index (χ0v) is 8.33. The molecule has 2 rings (SSSR count). The minimum Gasteiger partial charge on any atom is -0.464 e. The van der Waals surface area contributed by atoms with Gasteiger partial charge in [-0.1, -0.05) is 6.92 Å². The molecule has 0 saturated carbocycles. The molecule has 0 bridgehead atoms. The van der Waals surface area contributed by atoms with Gasteiger partial charge in [0.25, 0.3) is 0 Å².